The van der Waals surface area contributed by atoms with Crippen LogP contribution in [0.3, 0.4) is 0 Å². The van der Waals surface area contributed by atoms with Gasteiger partial charge in [-0.25, -0.2) is 0 Å². The topological polar surface area (TPSA) is 85.0 Å². The number of hydrogen-bond donors (Lipinski definition) is 2. The lowest BCUT2D eigenvalue weighted by atomic mass is 10.2. The molecule has 21 heavy (non-hydrogen) atoms. The van der Waals surface area contributed by atoms with E-state index in [9.17, 15) is 8.78 Å². The van der Waals surface area contributed by atoms with Crippen LogP contribution in [-0.4, -0.2) is 33.8 Å². The van der Waals surface area contributed by atoms with Crippen molar-refractivity contribution in [3.8, 4) is 11.5 Å². The lowest BCUT2D eigenvalue weighted by Gasteiger charge is -2.12. The molecule has 0 saturated carbocycles. The Hall–Kier alpha value is -2.29. The van der Waals surface area contributed by atoms with Gasteiger partial charge in [-0.05, 0) is 24.6 Å². The summed E-state index contributed by atoms with van der Waals surface area (Å²) >= 11 is 0. The minimum Gasteiger partial charge on any atom is -0.490 e. The highest BCUT2D eigenvalue weighted by molar-refractivity contribution is 5.43. The molecule has 0 aliphatic heterocycles. The number of ether oxygens (including phenoxy) is 2. The number of aromatic nitrogens is 4. The van der Waals surface area contributed by atoms with E-state index in [0.29, 0.717) is 25.5 Å². The van der Waals surface area contributed by atoms with Gasteiger partial charge >= 0.3 is 6.61 Å². The zero-order valence-corrected chi connectivity index (χ0v) is 11.3. The minimum atomic E-state index is -2.88. The Morgan fingerprint density at radius 2 is 2.14 bits per heavy atom. The van der Waals surface area contributed by atoms with Crippen molar-refractivity contribution in [2.75, 3.05) is 6.61 Å². The minimum absolute atomic E-state index is 0.0220. The van der Waals surface area contributed by atoms with Gasteiger partial charge in [0.2, 0.25) is 0 Å². The first-order valence-electron chi connectivity index (χ1n) is 6.32. The molecule has 0 atom stereocenters. The lowest BCUT2D eigenvalue weighted by Crippen LogP contribution is -2.14. The number of H-pyrrole nitrogens is 1. The van der Waals surface area contributed by atoms with Crippen LogP contribution in [0.5, 0.6) is 11.5 Å². The average molecular weight is 299 g/mol. The van der Waals surface area contributed by atoms with Crippen molar-refractivity contribution in [1.29, 1.82) is 0 Å². The fraction of sp³-hybridized carbons (Fsp3) is 0.417. The molecular formula is C12H15F2N5O2. The van der Waals surface area contributed by atoms with Crippen molar-refractivity contribution in [3.63, 3.8) is 0 Å². The van der Waals surface area contributed by atoms with Gasteiger partial charge in [-0.1, -0.05) is 11.3 Å². The van der Waals surface area contributed by atoms with Crippen molar-refractivity contribution in [1.82, 2.24) is 25.9 Å². The van der Waals surface area contributed by atoms with Crippen molar-refractivity contribution in [2.24, 2.45) is 0 Å². The number of nitrogens with one attached hydrogen (secondary N) is 2. The Labute approximate surface area is 119 Å². The summed E-state index contributed by atoms with van der Waals surface area (Å²) in [6.07, 6.45) is 0. The summed E-state index contributed by atoms with van der Waals surface area (Å²) in [5, 5.41) is 16.5. The Morgan fingerprint density at radius 3 is 2.81 bits per heavy atom. The van der Waals surface area contributed by atoms with E-state index in [4.69, 9.17) is 4.74 Å². The predicted molar refractivity (Wildman–Crippen MR) is 69.0 cm³/mol. The molecule has 0 amide bonds. The largest absolute Gasteiger partial charge is 0.490 e. The fourth-order valence-corrected chi connectivity index (χ4v) is 1.70. The molecule has 1 aromatic carbocycles. The first-order chi connectivity index (χ1) is 10.2. The van der Waals surface area contributed by atoms with Crippen molar-refractivity contribution < 1.29 is 18.3 Å². The Balaban J connectivity index is 1.97. The van der Waals surface area contributed by atoms with Gasteiger partial charge < -0.3 is 14.8 Å². The Bertz CT molecular complexity index is 551. The van der Waals surface area contributed by atoms with Crippen molar-refractivity contribution in [2.45, 2.75) is 26.6 Å². The molecular weight excluding hydrogens is 284 g/mol. The molecule has 0 aliphatic rings. The average Bonchev–Trinajstić information content (AvgIpc) is 2.94. The number of benzene rings is 1. The summed E-state index contributed by atoms with van der Waals surface area (Å²) in [7, 11) is 0. The van der Waals surface area contributed by atoms with E-state index >= 15 is 0 Å². The summed E-state index contributed by atoms with van der Waals surface area (Å²) < 4.78 is 34.3. The van der Waals surface area contributed by atoms with Gasteiger partial charge in [0.1, 0.15) is 0 Å². The van der Waals surface area contributed by atoms with Crippen LogP contribution in [0.15, 0.2) is 18.2 Å². The van der Waals surface area contributed by atoms with Crippen LogP contribution >= 0.6 is 0 Å². The van der Waals surface area contributed by atoms with Gasteiger partial charge in [-0.3, -0.25) is 0 Å². The Morgan fingerprint density at radius 1 is 1.29 bits per heavy atom. The van der Waals surface area contributed by atoms with Gasteiger partial charge in [0.15, 0.2) is 17.3 Å². The summed E-state index contributed by atoms with van der Waals surface area (Å²) in [6, 6.07) is 4.80. The van der Waals surface area contributed by atoms with Crippen LogP contribution in [0, 0.1) is 0 Å². The second kappa shape index (κ2) is 7.48. The third-order valence-electron chi connectivity index (χ3n) is 2.53. The van der Waals surface area contributed by atoms with E-state index in [1.54, 1.807) is 19.1 Å². The summed E-state index contributed by atoms with van der Waals surface area (Å²) in [5.41, 5.74) is 0.864. The molecule has 2 aromatic rings. The SMILES string of the molecule is CCOc1cc(CNCc2nn[nH]n2)ccc1OC(F)F. The number of aromatic amines is 1. The fourth-order valence-electron chi connectivity index (χ4n) is 1.70. The van der Waals surface area contributed by atoms with Crippen molar-refractivity contribution >= 4 is 0 Å². The van der Waals surface area contributed by atoms with E-state index in [0.717, 1.165) is 5.56 Å². The van der Waals surface area contributed by atoms with Gasteiger partial charge in [0.25, 0.3) is 0 Å². The summed E-state index contributed by atoms with van der Waals surface area (Å²) in [6.45, 7) is 0.192. The number of tetrazole rings is 1. The molecule has 0 bridgehead atoms. The smallest absolute Gasteiger partial charge is 0.387 e. The molecule has 0 radical (unpaired) electrons. The standard InChI is InChI=1S/C12H15F2N5O2/c1-2-20-10-5-8(3-4-9(10)21-12(13)14)6-15-7-11-16-18-19-17-11/h3-5,12,15H,2,6-7H2,1H3,(H,16,17,18,19). The highest BCUT2D eigenvalue weighted by atomic mass is 19.3. The van der Waals surface area contributed by atoms with Crippen LogP contribution in [0.1, 0.15) is 18.3 Å². The first kappa shape index (κ1) is 15.1. The van der Waals surface area contributed by atoms with Gasteiger partial charge in [0, 0.05) is 6.54 Å². The first-order valence-corrected chi connectivity index (χ1v) is 6.32. The molecule has 0 unspecified atom stereocenters. The van der Waals surface area contributed by atoms with Gasteiger partial charge in [-0.15, -0.1) is 10.2 Å². The number of alkyl halides is 2. The highest BCUT2D eigenvalue weighted by Crippen LogP contribution is 2.29. The number of hydrogen-bond acceptors (Lipinski definition) is 6. The van der Waals surface area contributed by atoms with Crippen molar-refractivity contribution in [3.05, 3.63) is 29.6 Å². The molecule has 1 heterocycles. The maximum absolute atomic E-state index is 12.3. The highest BCUT2D eigenvalue weighted by Gasteiger charge is 2.11. The van der Waals surface area contributed by atoms with E-state index in [1.807, 2.05) is 0 Å². The van der Waals surface area contributed by atoms with E-state index in [2.05, 4.69) is 30.7 Å². The van der Waals surface area contributed by atoms with E-state index < -0.39 is 6.61 Å². The monoisotopic (exact) mass is 299 g/mol. The van der Waals surface area contributed by atoms with Gasteiger partial charge in [0.05, 0.1) is 13.2 Å². The molecule has 0 spiro atoms. The molecule has 0 saturated heterocycles. The molecule has 0 fully saturated rings. The van der Waals surface area contributed by atoms with E-state index in [1.165, 1.54) is 6.07 Å². The molecule has 7 nitrogen and oxygen atoms in total. The van der Waals surface area contributed by atoms with Crippen LogP contribution in [0.4, 0.5) is 8.78 Å². The summed E-state index contributed by atoms with van der Waals surface area (Å²) in [4.78, 5) is 0. The predicted octanol–water partition coefficient (Wildman–Crippen LogP) is 1.49. The second-order valence-electron chi connectivity index (χ2n) is 4.02. The molecule has 1 aromatic heterocycles. The summed E-state index contributed by atoms with van der Waals surface area (Å²) in [5.74, 6) is 0.850. The normalized spacial score (nSPS) is 10.9. The molecule has 2 N–H and O–H groups in total. The second-order valence-corrected chi connectivity index (χ2v) is 4.02. The quantitative estimate of drug-likeness (QED) is 0.768. The van der Waals surface area contributed by atoms with Crippen LogP contribution < -0.4 is 14.8 Å². The zero-order chi connectivity index (χ0) is 15.1. The van der Waals surface area contributed by atoms with E-state index in [-0.39, 0.29) is 11.5 Å². The maximum Gasteiger partial charge on any atom is 0.387 e. The lowest BCUT2D eigenvalue weighted by molar-refractivity contribution is -0.0514. The number of rotatable bonds is 8. The zero-order valence-electron chi connectivity index (χ0n) is 11.3. The maximum atomic E-state index is 12.3. The van der Waals surface area contributed by atoms with Crippen LogP contribution in [0.2, 0.25) is 0 Å². The number of halogens is 2. The molecule has 2 rings (SSSR count). The Kier molecular flexibility index (Phi) is 5.38. The van der Waals surface area contributed by atoms with Crippen LogP contribution in [-0.2, 0) is 13.1 Å². The van der Waals surface area contributed by atoms with Gasteiger partial charge in [-0.2, -0.15) is 14.0 Å². The third-order valence-corrected chi connectivity index (χ3v) is 2.53. The molecule has 0 aliphatic carbocycles. The third kappa shape index (κ3) is 4.63. The number of nitrogens with zero attached hydrogens (tertiary/aromatic N) is 3. The van der Waals surface area contributed by atoms with Crippen LogP contribution in [0.25, 0.3) is 0 Å². The molecule has 114 valence electrons. The molecule has 9 heteroatoms.